The van der Waals surface area contributed by atoms with Crippen molar-refractivity contribution in [3.8, 4) is 0 Å². The predicted octanol–water partition coefficient (Wildman–Crippen LogP) is -0.0993. The third-order valence-corrected chi connectivity index (χ3v) is 1.88. The first-order valence-electron chi connectivity index (χ1n) is 4.34. The molecule has 1 unspecified atom stereocenters. The molecule has 5 nitrogen and oxygen atoms in total. The standard InChI is InChI=1S/C9H14N4O.ClH/c1-11-8(9(10)14)5-7-6-12-3-2-4-13-7;/h2-4,6,8,11,13H,5H2,1H3,(H2,10,14);1H. The fraction of sp³-hybridized carbons (Fsp3) is 0.333. The Labute approximate surface area is 94.9 Å². The Balaban J connectivity index is 0.00000196. The van der Waals surface area contributed by atoms with E-state index in [1.807, 2.05) is 0 Å². The minimum absolute atomic E-state index is 0. The molecule has 0 spiro atoms. The van der Waals surface area contributed by atoms with Gasteiger partial charge < -0.3 is 16.4 Å². The van der Waals surface area contributed by atoms with E-state index in [4.69, 9.17) is 5.73 Å². The van der Waals surface area contributed by atoms with Gasteiger partial charge in [0.2, 0.25) is 5.91 Å². The second-order valence-electron chi connectivity index (χ2n) is 2.90. The maximum absolute atomic E-state index is 10.9. The lowest BCUT2D eigenvalue weighted by Gasteiger charge is -2.13. The van der Waals surface area contributed by atoms with Gasteiger partial charge in [-0.1, -0.05) is 0 Å². The average Bonchev–Trinajstić information content (AvgIpc) is 2.41. The van der Waals surface area contributed by atoms with E-state index in [0.29, 0.717) is 6.42 Å². The zero-order chi connectivity index (χ0) is 10.4. The average molecular weight is 231 g/mol. The van der Waals surface area contributed by atoms with Crippen molar-refractivity contribution in [3.63, 3.8) is 0 Å². The number of aliphatic imine (C=N–C) groups is 1. The van der Waals surface area contributed by atoms with Gasteiger partial charge in [-0.05, 0) is 13.1 Å². The summed E-state index contributed by atoms with van der Waals surface area (Å²) in [5.74, 6) is -0.368. The summed E-state index contributed by atoms with van der Waals surface area (Å²) in [6, 6.07) is -0.365. The van der Waals surface area contributed by atoms with Crippen LogP contribution in [0, 0.1) is 0 Å². The summed E-state index contributed by atoms with van der Waals surface area (Å²) in [6.45, 7) is 0. The predicted molar refractivity (Wildman–Crippen MR) is 62.8 cm³/mol. The van der Waals surface area contributed by atoms with Gasteiger partial charge in [-0.25, -0.2) is 0 Å². The van der Waals surface area contributed by atoms with Gasteiger partial charge in [0.15, 0.2) is 0 Å². The molecule has 0 saturated carbocycles. The van der Waals surface area contributed by atoms with Crippen LogP contribution in [0.3, 0.4) is 0 Å². The fourth-order valence-corrected chi connectivity index (χ4v) is 1.09. The molecular weight excluding hydrogens is 216 g/mol. The first-order chi connectivity index (χ1) is 6.74. The van der Waals surface area contributed by atoms with Gasteiger partial charge in [0.1, 0.15) is 0 Å². The molecule has 0 saturated heterocycles. The summed E-state index contributed by atoms with van der Waals surface area (Å²) < 4.78 is 0. The topological polar surface area (TPSA) is 79.5 Å². The number of rotatable bonds is 4. The Morgan fingerprint density at radius 3 is 3.07 bits per heavy atom. The van der Waals surface area contributed by atoms with Crippen molar-refractivity contribution < 1.29 is 4.79 Å². The molecule has 1 rings (SSSR count). The third-order valence-electron chi connectivity index (χ3n) is 1.88. The van der Waals surface area contributed by atoms with Crippen molar-refractivity contribution in [3.05, 3.63) is 24.2 Å². The summed E-state index contributed by atoms with van der Waals surface area (Å²) in [4.78, 5) is 14.9. The number of nitrogens with two attached hydrogens (primary N) is 1. The number of carbonyl (C=O) groups is 1. The number of halogens is 1. The number of likely N-dealkylation sites (N-methyl/N-ethyl adjacent to an activating group) is 1. The number of primary amides is 1. The van der Waals surface area contributed by atoms with Crippen molar-refractivity contribution in [1.29, 1.82) is 0 Å². The van der Waals surface area contributed by atoms with E-state index < -0.39 is 0 Å². The van der Waals surface area contributed by atoms with Gasteiger partial charge in [-0.3, -0.25) is 9.79 Å². The lowest BCUT2D eigenvalue weighted by Crippen LogP contribution is -2.40. The summed E-state index contributed by atoms with van der Waals surface area (Å²) in [5, 5.41) is 5.85. The summed E-state index contributed by atoms with van der Waals surface area (Å²) >= 11 is 0. The van der Waals surface area contributed by atoms with Gasteiger partial charge in [0.25, 0.3) is 0 Å². The van der Waals surface area contributed by atoms with Crippen molar-refractivity contribution in [2.24, 2.45) is 10.7 Å². The van der Waals surface area contributed by atoms with Crippen LogP contribution in [0.4, 0.5) is 0 Å². The number of hydrogen-bond acceptors (Lipinski definition) is 4. The van der Waals surface area contributed by atoms with E-state index >= 15 is 0 Å². The Morgan fingerprint density at radius 2 is 2.47 bits per heavy atom. The molecule has 1 heterocycles. The number of carbonyl (C=O) groups excluding carboxylic acids is 1. The summed E-state index contributed by atoms with van der Waals surface area (Å²) in [5.41, 5.74) is 6.05. The minimum Gasteiger partial charge on any atom is -0.368 e. The van der Waals surface area contributed by atoms with Crippen LogP contribution < -0.4 is 16.4 Å². The summed E-state index contributed by atoms with van der Waals surface area (Å²) in [7, 11) is 1.70. The molecule has 84 valence electrons. The van der Waals surface area contributed by atoms with Gasteiger partial charge in [-0.2, -0.15) is 0 Å². The van der Waals surface area contributed by atoms with Crippen molar-refractivity contribution in [2.45, 2.75) is 12.5 Å². The second kappa shape index (κ2) is 7.03. The first-order valence-corrected chi connectivity index (χ1v) is 4.34. The molecule has 0 aromatic heterocycles. The molecular formula is C9H15ClN4O. The SMILES string of the molecule is CNC(CC1=CN=CC=CN1)C(N)=O.Cl. The zero-order valence-corrected chi connectivity index (χ0v) is 9.25. The molecule has 1 aliphatic heterocycles. The van der Waals surface area contributed by atoms with Crippen LogP contribution in [-0.4, -0.2) is 25.2 Å². The Hall–Kier alpha value is -1.33. The van der Waals surface area contributed by atoms with E-state index in [2.05, 4.69) is 15.6 Å². The number of nitrogens with zero attached hydrogens (tertiary/aromatic N) is 1. The lowest BCUT2D eigenvalue weighted by atomic mass is 10.1. The summed E-state index contributed by atoms with van der Waals surface area (Å²) in [6.07, 6.45) is 7.39. The Morgan fingerprint density at radius 1 is 1.73 bits per heavy atom. The molecule has 0 radical (unpaired) electrons. The monoisotopic (exact) mass is 230 g/mol. The number of allylic oxidation sites excluding steroid dienone is 1. The maximum Gasteiger partial charge on any atom is 0.234 e. The highest BCUT2D eigenvalue weighted by molar-refractivity contribution is 5.85. The van der Waals surface area contributed by atoms with Crippen molar-refractivity contribution in [1.82, 2.24) is 10.6 Å². The van der Waals surface area contributed by atoms with Crippen molar-refractivity contribution >= 4 is 24.5 Å². The van der Waals surface area contributed by atoms with E-state index in [9.17, 15) is 4.79 Å². The van der Waals surface area contributed by atoms with Gasteiger partial charge in [0.05, 0.1) is 6.04 Å². The quantitative estimate of drug-likeness (QED) is 0.631. The molecule has 0 fully saturated rings. The van der Waals surface area contributed by atoms with E-state index in [0.717, 1.165) is 5.70 Å². The van der Waals surface area contributed by atoms with Gasteiger partial charge in [0, 0.05) is 30.7 Å². The number of hydrogen-bond donors (Lipinski definition) is 3. The molecule has 0 aromatic carbocycles. The Bertz CT molecular complexity index is 298. The van der Waals surface area contributed by atoms with Crippen molar-refractivity contribution in [2.75, 3.05) is 7.05 Å². The molecule has 1 aliphatic rings. The van der Waals surface area contributed by atoms with Crippen LogP contribution in [0.5, 0.6) is 0 Å². The van der Waals surface area contributed by atoms with Crippen LogP contribution in [0.2, 0.25) is 0 Å². The van der Waals surface area contributed by atoms with E-state index in [-0.39, 0.29) is 24.4 Å². The molecule has 1 amide bonds. The van der Waals surface area contributed by atoms with E-state index in [1.165, 1.54) is 0 Å². The van der Waals surface area contributed by atoms with Crippen LogP contribution in [-0.2, 0) is 4.79 Å². The second-order valence-corrected chi connectivity index (χ2v) is 2.90. The molecule has 4 N–H and O–H groups in total. The molecule has 1 atom stereocenters. The van der Waals surface area contributed by atoms with Gasteiger partial charge >= 0.3 is 0 Å². The first kappa shape index (κ1) is 13.7. The largest absolute Gasteiger partial charge is 0.368 e. The minimum atomic E-state index is -0.368. The maximum atomic E-state index is 10.9. The van der Waals surface area contributed by atoms with Crippen LogP contribution in [0.1, 0.15) is 6.42 Å². The van der Waals surface area contributed by atoms with Crippen LogP contribution in [0.15, 0.2) is 29.2 Å². The van der Waals surface area contributed by atoms with Gasteiger partial charge in [-0.15, -0.1) is 12.4 Å². The number of amides is 1. The van der Waals surface area contributed by atoms with E-state index in [1.54, 1.807) is 31.7 Å². The molecule has 6 heteroatoms. The third kappa shape index (κ3) is 4.62. The number of nitrogens with one attached hydrogen (secondary N) is 2. The van der Waals surface area contributed by atoms with Crippen LogP contribution >= 0.6 is 12.4 Å². The highest BCUT2D eigenvalue weighted by Gasteiger charge is 2.14. The molecule has 15 heavy (non-hydrogen) atoms. The zero-order valence-electron chi connectivity index (χ0n) is 8.43. The fourth-order valence-electron chi connectivity index (χ4n) is 1.09. The highest BCUT2D eigenvalue weighted by Crippen LogP contribution is 2.03. The Kier molecular flexibility index (Phi) is 6.40. The normalized spacial score (nSPS) is 15.7. The molecule has 0 bridgehead atoms. The molecule has 0 aromatic rings. The smallest absolute Gasteiger partial charge is 0.234 e. The van der Waals surface area contributed by atoms with Crippen LogP contribution in [0.25, 0.3) is 0 Å². The lowest BCUT2D eigenvalue weighted by molar-refractivity contribution is -0.119. The highest BCUT2D eigenvalue weighted by atomic mass is 35.5. The molecule has 0 aliphatic carbocycles.